The van der Waals surface area contributed by atoms with Crippen molar-refractivity contribution < 1.29 is 49.5 Å². The van der Waals surface area contributed by atoms with Crippen LogP contribution in [0.15, 0.2) is 42.5 Å². The van der Waals surface area contributed by atoms with Gasteiger partial charge in [0.25, 0.3) is 0 Å². The second-order valence-corrected chi connectivity index (χ2v) is 12.3. The van der Waals surface area contributed by atoms with E-state index in [2.05, 4.69) is 97.9 Å². The van der Waals surface area contributed by atoms with Crippen molar-refractivity contribution in [1.29, 1.82) is 0 Å². The molecule has 0 amide bonds. The Morgan fingerprint density at radius 2 is 1.47 bits per heavy atom. The van der Waals surface area contributed by atoms with Gasteiger partial charge in [-0.1, -0.05) is 0 Å². The Labute approximate surface area is 221 Å². The fraction of sp³-hybridized carbons (Fsp3) is 0.379. The van der Waals surface area contributed by atoms with Gasteiger partial charge in [0, 0.05) is 0 Å². The second-order valence-electron chi connectivity index (χ2n) is 11.1. The van der Waals surface area contributed by atoms with E-state index in [1.165, 1.54) is 82.3 Å². The van der Waals surface area contributed by atoms with Crippen LogP contribution in [-0.2, 0) is 35.5 Å². The second kappa shape index (κ2) is 9.40. The van der Waals surface area contributed by atoms with Crippen molar-refractivity contribution in [3.63, 3.8) is 0 Å². The summed E-state index contributed by atoms with van der Waals surface area (Å²) in [4.78, 5) is 0. The van der Waals surface area contributed by atoms with Crippen molar-refractivity contribution in [3.05, 3.63) is 85.6 Å². The number of halogens is 2. The van der Waals surface area contributed by atoms with E-state index in [1.54, 1.807) is 0 Å². The van der Waals surface area contributed by atoms with E-state index in [4.69, 9.17) is 0 Å². The zero-order valence-electron chi connectivity index (χ0n) is 20.5. The molecule has 0 unspecified atom stereocenters. The molecule has 2 aromatic carbocycles. The van der Waals surface area contributed by atoms with Crippen LogP contribution in [0, 0.1) is 10.4 Å². The molecular formula is C29H33Cl2Zr. The van der Waals surface area contributed by atoms with E-state index < -0.39 is 0 Å². The van der Waals surface area contributed by atoms with Gasteiger partial charge in [0.1, 0.15) is 0 Å². The third-order valence-electron chi connectivity index (χ3n) is 6.42. The largest absolute Gasteiger partial charge is 1.00 e. The molecule has 3 heteroatoms. The third-order valence-corrected chi connectivity index (χ3v) is 7.70. The molecular weight excluding hydrogens is 510 g/mol. The molecule has 0 nitrogen and oxygen atoms in total. The minimum Gasteiger partial charge on any atom is -1.00 e. The average molecular weight is 544 g/mol. The van der Waals surface area contributed by atoms with Gasteiger partial charge >= 0.3 is 197 Å². The van der Waals surface area contributed by atoms with Crippen LogP contribution in [0.1, 0.15) is 84.1 Å². The molecule has 0 radical (unpaired) electrons. The predicted molar refractivity (Wildman–Crippen MR) is 126 cm³/mol. The van der Waals surface area contributed by atoms with Gasteiger partial charge < -0.3 is 24.8 Å². The van der Waals surface area contributed by atoms with Gasteiger partial charge in [0.05, 0.1) is 0 Å². The smallest absolute Gasteiger partial charge is 1.00 e. The number of hydrogen-bond acceptors (Lipinski definition) is 0. The number of rotatable bonds is 1. The average Bonchev–Trinajstić information content (AvgIpc) is 3.26. The molecule has 0 saturated heterocycles. The van der Waals surface area contributed by atoms with Crippen LogP contribution in [0.25, 0.3) is 14.4 Å². The van der Waals surface area contributed by atoms with Gasteiger partial charge in [0.15, 0.2) is 0 Å². The van der Waals surface area contributed by atoms with Crippen LogP contribution >= 0.6 is 0 Å². The zero-order valence-corrected chi connectivity index (χ0v) is 24.5. The Balaban J connectivity index is 0.00000181. The molecule has 2 aliphatic carbocycles. The van der Waals surface area contributed by atoms with Gasteiger partial charge in [-0.3, -0.25) is 0 Å². The van der Waals surface area contributed by atoms with Crippen LogP contribution < -0.4 is 35.3 Å². The van der Waals surface area contributed by atoms with Crippen molar-refractivity contribution in [2.45, 2.75) is 72.6 Å². The summed E-state index contributed by atoms with van der Waals surface area (Å²) in [5.41, 5.74) is 9.01. The maximum atomic E-state index is 2.52. The maximum absolute atomic E-state index is 2.52. The molecule has 4 rings (SSSR count). The monoisotopic (exact) mass is 541 g/mol. The van der Waals surface area contributed by atoms with Gasteiger partial charge in [-0.15, -0.1) is 0 Å². The Kier molecular flexibility index (Phi) is 8.04. The van der Waals surface area contributed by atoms with E-state index >= 15 is 0 Å². The van der Waals surface area contributed by atoms with Crippen LogP contribution in [0.3, 0.4) is 0 Å². The normalized spacial score (nSPS) is 14.4. The summed E-state index contributed by atoms with van der Waals surface area (Å²) < 4.78 is 1.51. The minimum absolute atomic E-state index is 0. The molecule has 2 aromatic rings. The molecule has 0 N–H and O–H groups in total. The quantitative estimate of drug-likeness (QED) is 0.480. The van der Waals surface area contributed by atoms with Crippen molar-refractivity contribution >= 4 is 14.4 Å². The molecule has 0 bridgehead atoms. The SMILES string of the molecule is CC(C)=c1c(C(C)(C)C)cc2c(c1C1=CC=CC1)[C]([Zr+2])=c1ccc(C(C)(C)C)cc1=2.[Cl-].[Cl-]. The van der Waals surface area contributed by atoms with E-state index in [-0.39, 0.29) is 35.6 Å². The molecule has 32 heavy (non-hydrogen) atoms. The van der Waals surface area contributed by atoms with E-state index in [9.17, 15) is 0 Å². The van der Waals surface area contributed by atoms with Gasteiger partial charge in [0.2, 0.25) is 0 Å². The third kappa shape index (κ3) is 4.55. The fourth-order valence-corrected chi connectivity index (χ4v) is 5.98. The van der Waals surface area contributed by atoms with Gasteiger partial charge in [-0.05, 0) is 0 Å². The van der Waals surface area contributed by atoms with Crippen molar-refractivity contribution in [2.75, 3.05) is 0 Å². The van der Waals surface area contributed by atoms with Crippen LogP contribution in [-0.4, -0.2) is 0 Å². The molecule has 2 aliphatic rings. The fourth-order valence-electron chi connectivity index (χ4n) is 4.81. The molecule has 167 valence electrons. The Morgan fingerprint density at radius 1 is 0.812 bits per heavy atom. The Morgan fingerprint density at radius 3 is 1.97 bits per heavy atom. The van der Waals surface area contributed by atoms with Crippen molar-refractivity contribution in [1.82, 2.24) is 0 Å². The molecule has 0 fully saturated rings. The zero-order chi connectivity index (χ0) is 22.0. The first kappa shape index (κ1) is 27.4. The van der Waals surface area contributed by atoms with E-state index in [0.29, 0.717) is 0 Å². The summed E-state index contributed by atoms with van der Waals surface area (Å²) in [6.45, 7) is 18.6. The number of hydrogen-bond donors (Lipinski definition) is 0. The summed E-state index contributed by atoms with van der Waals surface area (Å²) in [5.74, 6) is 0. The first-order valence-corrected chi connectivity index (χ1v) is 12.3. The standard InChI is InChI=1S/C29H33.2ClH.Zr/c1-18(2)26-25(29(6,7)8)17-23-22-16-21(28(3,4)5)14-13-20(22)15-24(23)27(26)19-11-9-10-12-19;;;/h9-11,13-14,16-17H,12H2,1-8H3;2*1H;/q;;;+2/p-2. The predicted octanol–water partition coefficient (Wildman–Crippen LogP) is 0.127. The van der Waals surface area contributed by atoms with E-state index in [0.717, 1.165) is 6.42 Å². The number of fused-ring (bicyclic) bond motifs is 2. The molecule has 0 atom stereocenters. The minimum atomic E-state index is 0. The molecule has 0 heterocycles. The van der Waals surface area contributed by atoms with Crippen molar-refractivity contribution in [2.24, 2.45) is 0 Å². The number of benzene rings is 2. The topological polar surface area (TPSA) is 0 Å². The van der Waals surface area contributed by atoms with Gasteiger partial charge in [-0.25, -0.2) is 0 Å². The first-order chi connectivity index (χ1) is 13.9. The maximum Gasteiger partial charge on any atom is -1.00 e. The van der Waals surface area contributed by atoms with E-state index in [1.807, 2.05) is 0 Å². The summed E-state index contributed by atoms with van der Waals surface area (Å²) in [6, 6.07) is 9.70. The van der Waals surface area contributed by atoms with Crippen molar-refractivity contribution in [3.8, 4) is 0 Å². The van der Waals surface area contributed by atoms with Crippen LogP contribution in [0.2, 0.25) is 0 Å². The number of allylic oxidation sites excluding steroid dienone is 4. The molecule has 0 aromatic heterocycles. The van der Waals surface area contributed by atoms with Crippen LogP contribution in [0.5, 0.6) is 0 Å². The summed E-state index contributed by atoms with van der Waals surface area (Å²) in [5, 5.41) is 5.79. The van der Waals surface area contributed by atoms with Crippen LogP contribution in [0.4, 0.5) is 0 Å². The Hall–Kier alpha value is -0.877. The molecule has 0 spiro atoms. The Bertz CT molecular complexity index is 1340. The van der Waals surface area contributed by atoms with Gasteiger partial charge in [-0.2, -0.15) is 0 Å². The summed E-state index contributed by atoms with van der Waals surface area (Å²) in [7, 11) is 0. The first-order valence-electron chi connectivity index (χ1n) is 11.0. The molecule has 0 saturated carbocycles. The molecule has 0 aliphatic heterocycles. The summed E-state index contributed by atoms with van der Waals surface area (Å²) in [6.07, 6.45) is 7.89. The summed E-state index contributed by atoms with van der Waals surface area (Å²) >= 11 is 1.50.